The number of aromatic amines is 1. The number of nitrogens with zero attached hydrogens (tertiary/aromatic N) is 1. The SMILES string of the molecule is F[P-](F)(F)(F)(F)F.NCCCCCC[n+]1cc[nH]c1. The minimum Gasteiger partial charge on any atom is -0.330 e. The second-order valence-electron chi connectivity index (χ2n) is 4.01. The first-order valence-electron chi connectivity index (χ1n) is 5.67. The van der Waals surface area contributed by atoms with Gasteiger partial charge in [-0.25, -0.2) is 4.57 Å². The Morgan fingerprint density at radius 2 is 1.47 bits per heavy atom. The Labute approximate surface area is 107 Å². The Morgan fingerprint density at radius 1 is 0.947 bits per heavy atom. The summed E-state index contributed by atoms with van der Waals surface area (Å²) in [6, 6.07) is 0. The molecular formula is C9H18F6N3P. The van der Waals surface area contributed by atoms with Gasteiger partial charge in [0.05, 0.1) is 6.54 Å². The number of nitrogens with one attached hydrogen (secondary N) is 1. The second kappa shape index (κ2) is 6.09. The standard InChI is InChI=1S/C9H17N3.F6P/c10-5-3-1-2-4-7-12-8-6-11-9-12;1-7(2,3,4,5)6/h6,8-9H,1-5,7,10H2;/q;-1/p+1. The Morgan fingerprint density at radius 3 is 1.89 bits per heavy atom. The van der Waals surface area contributed by atoms with E-state index in [1.807, 2.05) is 12.5 Å². The molecule has 1 aromatic rings. The van der Waals surface area contributed by atoms with E-state index in [1.54, 1.807) is 0 Å². The van der Waals surface area contributed by atoms with E-state index < -0.39 is 7.81 Å². The predicted octanol–water partition coefficient (Wildman–Crippen LogP) is 4.20. The Balaban J connectivity index is 0.000000399. The molecule has 0 aliphatic heterocycles. The molecule has 1 heterocycles. The summed E-state index contributed by atoms with van der Waals surface area (Å²) in [5.41, 5.74) is 5.40. The average Bonchev–Trinajstić information content (AvgIpc) is 2.65. The largest absolute Gasteiger partial charge is 0.330 e. The molecule has 10 heteroatoms. The van der Waals surface area contributed by atoms with Crippen LogP contribution in [0.5, 0.6) is 0 Å². The molecule has 0 bridgehead atoms. The number of aryl methyl sites for hydroxylation is 1. The second-order valence-corrected chi connectivity index (χ2v) is 5.93. The number of imidazole rings is 1. The third-order valence-electron chi connectivity index (χ3n) is 1.97. The van der Waals surface area contributed by atoms with Gasteiger partial charge in [0.1, 0.15) is 12.4 Å². The van der Waals surface area contributed by atoms with Gasteiger partial charge in [-0.05, 0) is 25.8 Å². The minimum absolute atomic E-state index is 0.831. The third kappa shape index (κ3) is 22.8. The number of aromatic nitrogens is 2. The van der Waals surface area contributed by atoms with Crippen LogP contribution in [0.1, 0.15) is 25.7 Å². The van der Waals surface area contributed by atoms with Crippen molar-refractivity contribution in [3.8, 4) is 0 Å². The van der Waals surface area contributed by atoms with Gasteiger partial charge in [-0.1, -0.05) is 6.42 Å². The summed E-state index contributed by atoms with van der Waals surface area (Å²) in [6.07, 6.45) is 11.0. The van der Waals surface area contributed by atoms with Gasteiger partial charge in [0.2, 0.25) is 6.33 Å². The van der Waals surface area contributed by atoms with Crippen molar-refractivity contribution >= 4 is 7.81 Å². The number of nitrogens with two attached hydrogens (primary N) is 1. The fourth-order valence-corrected chi connectivity index (χ4v) is 1.25. The molecule has 0 spiro atoms. The molecule has 0 unspecified atom stereocenters. The molecule has 0 saturated carbocycles. The minimum atomic E-state index is -10.7. The summed E-state index contributed by atoms with van der Waals surface area (Å²) in [7, 11) is -10.7. The van der Waals surface area contributed by atoms with Crippen LogP contribution >= 0.6 is 7.81 Å². The third-order valence-corrected chi connectivity index (χ3v) is 1.97. The van der Waals surface area contributed by atoms with Crippen LogP contribution < -0.4 is 10.3 Å². The zero-order valence-corrected chi connectivity index (χ0v) is 11.1. The van der Waals surface area contributed by atoms with E-state index in [0.29, 0.717) is 0 Å². The number of H-pyrrole nitrogens is 1. The molecule has 0 aromatic carbocycles. The van der Waals surface area contributed by atoms with Crippen LogP contribution in [0, 0.1) is 0 Å². The van der Waals surface area contributed by atoms with Crippen LogP contribution in [0.2, 0.25) is 0 Å². The van der Waals surface area contributed by atoms with E-state index in [1.165, 1.54) is 19.3 Å². The fourth-order valence-electron chi connectivity index (χ4n) is 1.25. The smallest absolute Gasteiger partial charge is 0.241 e. The average molecular weight is 313 g/mol. The topological polar surface area (TPSA) is 45.7 Å². The molecule has 3 nitrogen and oxygen atoms in total. The predicted molar refractivity (Wildman–Crippen MR) is 62.1 cm³/mol. The number of halogens is 6. The van der Waals surface area contributed by atoms with Crippen molar-refractivity contribution in [2.24, 2.45) is 5.73 Å². The maximum atomic E-state index is 9.87. The summed E-state index contributed by atoms with van der Waals surface area (Å²) >= 11 is 0. The van der Waals surface area contributed by atoms with E-state index in [9.17, 15) is 25.2 Å². The Hall–Kier alpha value is -0.820. The van der Waals surface area contributed by atoms with Crippen molar-refractivity contribution in [3.63, 3.8) is 0 Å². The van der Waals surface area contributed by atoms with E-state index in [4.69, 9.17) is 5.73 Å². The molecule has 0 aliphatic rings. The van der Waals surface area contributed by atoms with E-state index in [2.05, 4.69) is 15.7 Å². The van der Waals surface area contributed by atoms with Crippen LogP contribution in [0.3, 0.4) is 0 Å². The molecule has 0 saturated heterocycles. The first-order valence-corrected chi connectivity index (χ1v) is 7.69. The molecular weight excluding hydrogens is 295 g/mol. The molecule has 1 aromatic heterocycles. The van der Waals surface area contributed by atoms with Crippen molar-refractivity contribution in [2.75, 3.05) is 6.54 Å². The van der Waals surface area contributed by atoms with Crippen LogP contribution in [0.4, 0.5) is 25.2 Å². The molecule has 0 fully saturated rings. The zero-order valence-electron chi connectivity index (χ0n) is 10.2. The van der Waals surface area contributed by atoms with Crippen LogP contribution in [0.25, 0.3) is 0 Å². The number of hydrogen-bond acceptors (Lipinski definition) is 1. The van der Waals surface area contributed by atoms with Gasteiger partial charge in [0, 0.05) is 0 Å². The molecule has 0 radical (unpaired) electrons. The monoisotopic (exact) mass is 313 g/mol. The molecule has 1 rings (SSSR count). The van der Waals surface area contributed by atoms with E-state index in [0.717, 1.165) is 19.5 Å². The molecule has 19 heavy (non-hydrogen) atoms. The molecule has 0 atom stereocenters. The van der Waals surface area contributed by atoms with Gasteiger partial charge in [-0.2, -0.15) is 0 Å². The molecule has 116 valence electrons. The normalized spacial score (nSPS) is 15.1. The maximum Gasteiger partial charge on any atom is 0.241 e. The van der Waals surface area contributed by atoms with E-state index >= 15 is 0 Å². The van der Waals surface area contributed by atoms with Gasteiger partial charge in [-0.3, -0.25) is 4.98 Å². The Bertz CT molecular complexity index is 335. The summed E-state index contributed by atoms with van der Waals surface area (Å²) in [5, 5.41) is 0. The van der Waals surface area contributed by atoms with Gasteiger partial charge in [0.25, 0.3) is 0 Å². The van der Waals surface area contributed by atoms with Gasteiger partial charge >= 0.3 is 33.0 Å². The van der Waals surface area contributed by atoms with Crippen molar-refractivity contribution < 1.29 is 29.7 Å². The fraction of sp³-hybridized carbons (Fsp3) is 0.667. The molecule has 3 N–H and O–H groups in total. The first-order chi connectivity index (χ1) is 8.38. The summed E-state index contributed by atoms with van der Waals surface area (Å²) in [6.45, 7) is 1.95. The first kappa shape index (κ1) is 18.2. The van der Waals surface area contributed by atoms with Gasteiger partial charge in [0.15, 0.2) is 0 Å². The van der Waals surface area contributed by atoms with Gasteiger partial charge in [-0.15, -0.1) is 0 Å². The van der Waals surface area contributed by atoms with Crippen LogP contribution in [-0.2, 0) is 6.54 Å². The van der Waals surface area contributed by atoms with Crippen molar-refractivity contribution in [1.29, 1.82) is 0 Å². The zero-order chi connectivity index (χ0) is 15.1. The number of rotatable bonds is 6. The van der Waals surface area contributed by atoms with Gasteiger partial charge < -0.3 is 5.73 Å². The number of unbranched alkanes of at least 4 members (excludes halogenated alkanes) is 3. The van der Waals surface area contributed by atoms with Crippen LogP contribution in [-0.4, -0.2) is 11.5 Å². The van der Waals surface area contributed by atoms with Crippen molar-refractivity contribution in [3.05, 3.63) is 18.7 Å². The molecule has 0 amide bonds. The molecule has 0 aliphatic carbocycles. The summed E-state index contributed by atoms with van der Waals surface area (Å²) in [5.74, 6) is 0. The summed E-state index contributed by atoms with van der Waals surface area (Å²) in [4.78, 5) is 3.02. The van der Waals surface area contributed by atoms with Crippen LogP contribution in [0.15, 0.2) is 18.7 Å². The quantitative estimate of drug-likeness (QED) is 0.351. The van der Waals surface area contributed by atoms with Crippen molar-refractivity contribution in [1.82, 2.24) is 4.98 Å². The van der Waals surface area contributed by atoms with E-state index in [-0.39, 0.29) is 0 Å². The maximum absolute atomic E-state index is 10.7. The summed E-state index contributed by atoms with van der Waals surface area (Å²) < 4.78 is 61.4. The van der Waals surface area contributed by atoms with Crippen molar-refractivity contribution in [2.45, 2.75) is 32.2 Å². The number of hydrogen-bond donors (Lipinski definition) is 2. The Kier molecular flexibility index (Phi) is 5.83.